The fraction of sp³-hybridized carbons (Fsp3) is 0.500. The molecular formula is C20H26N2O4. The maximum absolute atomic E-state index is 12.8. The largest absolute Gasteiger partial charge is 0.491 e. The number of rotatable bonds is 4. The Morgan fingerprint density at radius 3 is 2.15 bits per heavy atom. The standard InChI is InChI=1S/C20H26N2O4/c1-12(2)25-16-8-6-15(7-9-16)17-18(20(24)21(5)19(17)23)22-10-13(3)26-14(4)11-22/h6-9,12-14H,10-11H2,1-5H3. The molecule has 26 heavy (non-hydrogen) atoms. The van der Waals surface area contributed by atoms with Gasteiger partial charge in [-0.3, -0.25) is 14.5 Å². The average Bonchev–Trinajstić information content (AvgIpc) is 2.78. The summed E-state index contributed by atoms with van der Waals surface area (Å²) in [5.74, 6) is 0.216. The second kappa shape index (κ2) is 7.11. The van der Waals surface area contributed by atoms with Crippen LogP contribution in [-0.4, -0.2) is 60.1 Å². The van der Waals surface area contributed by atoms with E-state index in [0.29, 0.717) is 24.4 Å². The van der Waals surface area contributed by atoms with Gasteiger partial charge in [-0.2, -0.15) is 0 Å². The Labute approximate surface area is 154 Å². The molecule has 0 aromatic heterocycles. The Morgan fingerprint density at radius 1 is 1.04 bits per heavy atom. The van der Waals surface area contributed by atoms with Crippen LogP contribution < -0.4 is 4.74 Å². The summed E-state index contributed by atoms with van der Waals surface area (Å²) in [5, 5.41) is 0. The van der Waals surface area contributed by atoms with Gasteiger partial charge in [-0.1, -0.05) is 12.1 Å². The van der Waals surface area contributed by atoms with Crippen LogP contribution in [0.3, 0.4) is 0 Å². The second-order valence-electron chi connectivity index (χ2n) is 7.25. The van der Waals surface area contributed by atoms with Gasteiger partial charge in [0.05, 0.1) is 23.9 Å². The molecule has 2 aliphatic rings. The minimum absolute atomic E-state index is 0.00289. The number of hydrogen-bond donors (Lipinski definition) is 0. The second-order valence-corrected chi connectivity index (χ2v) is 7.25. The average molecular weight is 358 g/mol. The number of likely N-dealkylation sites (N-methyl/N-ethyl adjacent to an activating group) is 1. The van der Waals surface area contributed by atoms with Gasteiger partial charge in [0.1, 0.15) is 11.4 Å². The number of ether oxygens (including phenoxy) is 2. The molecule has 0 saturated carbocycles. The lowest BCUT2D eigenvalue weighted by molar-refractivity contribution is -0.136. The number of morpholine rings is 1. The molecule has 1 saturated heterocycles. The van der Waals surface area contributed by atoms with Crippen molar-refractivity contribution in [1.82, 2.24) is 9.80 Å². The summed E-state index contributed by atoms with van der Waals surface area (Å²) in [7, 11) is 1.53. The lowest BCUT2D eigenvalue weighted by Crippen LogP contribution is -2.46. The third kappa shape index (κ3) is 3.46. The number of benzene rings is 1. The molecule has 0 spiro atoms. The third-order valence-corrected chi connectivity index (χ3v) is 4.51. The molecule has 6 nitrogen and oxygen atoms in total. The van der Waals surface area contributed by atoms with Crippen LogP contribution in [0.15, 0.2) is 30.0 Å². The van der Waals surface area contributed by atoms with E-state index < -0.39 is 0 Å². The summed E-state index contributed by atoms with van der Waals surface area (Å²) in [6.07, 6.45) is 0.0824. The minimum Gasteiger partial charge on any atom is -0.491 e. The van der Waals surface area contributed by atoms with Crippen molar-refractivity contribution in [1.29, 1.82) is 0 Å². The van der Waals surface area contributed by atoms with E-state index in [9.17, 15) is 9.59 Å². The number of imide groups is 1. The van der Waals surface area contributed by atoms with Gasteiger partial charge in [-0.15, -0.1) is 0 Å². The van der Waals surface area contributed by atoms with Gasteiger partial charge in [0.25, 0.3) is 11.8 Å². The number of nitrogens with zero attached hydrogens (tertiary/aromatic N) is 2. The van der Waals surface area contributed by atoms with E-state index in [1.165, 1.54) is 11.9 Å². The van der Waals surface area contributed by atoms with Crippen LogP contribution in [0.5, 0.6) is 5.75 Å². The Kier molecular flexibility index (Phi) is 5.05. The van der Waals surface area contributed by atoms with Crippen LogP contribution in [-0.2, 0) is 14.3 Å². The number of carbonyl (C=O) groups excluding carboxylic acids is 2. The normalized spacial score (nSPS) is 24.1. The molecule has 0 bridgehead atoms. The van der Waals surface area contributed by atoms with Crippen molar-refractivity contribution in [3.05, 3.63) is 35.5 Å². The fourth-order valence-electron chi connectivity index (χ4n) is 3.51. The smallest absolute Gasteiger partial charge is 0.277 e. The monoisotopic (exact) mass is 358 g/mol. The summed E-state index contributed by atoms with van der Waals surface area (Å²) < 4.78 is 11.4. The Hall–Kier alpha value is -2.34. The van der Waals surface area contributed by atoms with Crippen molar-refractivity contribution in [3.8, 4) is 5.75 Å². The van der Waals surface area contributed by atoms with Crippen molar-refractivity contribution < 1.29 is 19.1 Å². The van der Waals surface area contributed by atoms with Gasteiger partial charge in [0.15, 0.2) is 0 Å². The van der Waals surface area contributed by atoms with Crippen LogP contribution in [0.4, 0.5) is 0 Å². The molecule has 2 aliphatic heterocycles. The molecule has 2 atom stereocenters. The van der Waals surface area contributed by atoms with Crippen molar-refractivity contribution in [2.45, 2.75) is 46.0 Å². The van der Waals surface area contributed by atoms with E-state index in [1.54, 1.807) is 0 Å². The molecular weight excluding hydrogens is 332 g/mol. The van der Waals surface area contributed by atoms with Gasteiger partial charge in [0.2, 0.25) is 0 Å². The zero-order valence-electron chi connectivity index (χ0n) is 16.0. The molecule has 3 rings (SSSR count). The van der Waals surface area contributed by atoms with Gasteiger partial charge in [-0.05, 0) is 45.4 Å². The summed E-state index contributed by atoms with van der Waals surface area (Å²) in [5.41, 5.74) is 1.65. The van der Waals surface area contributed by atoms with Crippen LogP contribution in [0, 0.1) is 0 Å². The van der Waals surface area contributed by atoms with Crippen LogP contribution >= 0.6 is 0 Å². The zero-order chi connectivity index (χ0) is 19.0. The number of amides is 2. The van der Waals surface area contributed by atoms with Crippen molar-refractivity contribution >= 4 is 17.4 Å². The summed E-state index contributed by atoms with van der Waals surface area (Å²) in [6, 6.07) is 7.34. The van der Waals surface area contributed by atoms with E-state index >= 15 is 0 Å². The molecule has 140 valence electrons. The van der Waals surface area contributed by atoms with E-state index in [1.807, 2.05) is 56.9 Å². The highest BCUT2D eigenvalue weighted by atomic mass is 16.5. The van der Waals surface area contributed by atoms with Crippen molar-refractivity contribution in [2.24, 2.45) is 0 Å². The summed E-state index contributed by atoms with van der Waals surface area (Å²) >= 11 is 0. The first-order valence-corrected chi connectivity index (χ1v) is 9.02. The molecule has 6 heteroatoms. The van der Waals surface area contributed by atoms with Gasteiger partial charge >= 0.3 is 0 Å². The first kappa shape index (κ1) is 18.5. The molecule has 1 aromatic rings. The predicted molar refractivity (Wildman–Crippen MR) is 98.5 cm³/mol. The van der Waals surface area contributed by atoms with E-state index in [2.05, 4.69) is 0 Å². The molecule has 0 aliphatic carbocycles. The number of hydrogen-bond acceptors (Lipinski definition) is 5. The van der Waals surface area contributed by atoms with Crippen LogP contribution in [0.25, 0.3) is 5.57 Å². The van der Waals surface area contributed by atoms with Gasteiger partial charge in [0, 0.05) is 20.1 Å². The molecule has 2 unspecified atom stereocenters. The Balaban J connectivity index is 2.00. The SMILES string of the molecule is CC(C)Oc1ccc(C2=C(N3CC(C)OC(C)C3)C(=O)N(C)C2=O)cc1. The van der Waals surface area contributed by atoms with E-state index in [0.717, 1.165) is 11.3 Å². The van der Waals surface area contributed by atoms with E-state index in [4.69, 9.17) is 9.47 Å². The van der Waals surface area contributed by atoms with Crippen LogP contribution in [0.1, 0.15) is 33.3 Å². The summed E-state index contributed by atoms with van der Waals surface area (Å²) in [6.45, 7) is 9.06. The quantitative estimate of drug-likeness (QED) is 0.773. The molecule has 2 heterocycles. The predicted octanol–water partition coefficient (Wildman–Crippen LogP) is 2.29. The first-order chi connectivity index (χ1) is 12.3. The minimum atomic E-state index is -0.269. The molecule has 1 fully saturated rings. The van der Waals surface area contributed by atoms with Crippen LogP contribution in [0.2, 0.25) is 0 Å². The van der Waals surface area contributed by atoms with Gasteiger partial charge in [-0.25, -0.2) is 0 Å². The maximum Gasteiger partial charge on any atom is 0.277 e. The number of carbonyl (C=O) groups is 2. The lowest BCUT2D eigenvalue weighted by Gasteiger charge is -2.37. The lowest BCUT2D eigenvalue weighted by atomic mass is 10.0. The van der Waals surface area contributed by atoms with Crippen molar-refractivity contribution in [2.75, 3.05) is 20.1 Å². The van der Waals surface area contributed by atoms with E-state index in [-0.39, 0.29) is 30.1 Å². The fourth-order valence-corrected chi connectivity index (χ4v) is 3.51. The third-order valence-electron chi connectivity index (χ3n) is 4.51. The topological polar surface area (TPSA) is 59.1 Å². The zero-order valence-corrected chi connectivity index (χ0v) is 16.0. The highest BCUT2D eigenvalue weighted by Crippen LogP contribution is 2.33. The highest BCUT2D eigenvalue weighted by molar-refractivity contribution is 6.35. The molecule has 0 radical (unpaired) electrons. The molecule has 1 aromatic carbocycles. The highest BCUT2D eigenvalue weighted by Gasteiger charge is 2.41. The Bertz CT molecular complexity index is 729. The van der Waals surface area contributed by atoms with Crippen molar-refractivity contribution in [3.63, 3.8) is 0 Å². The first-order valence-electron chi connectivity index (χ1n) is 9.02. The maximum atomic E-state index is 12.8. The molecule has 2 amide bonds. The van der Waals surface area contributed by atoms with Gasteiger partial charge < -0.3 is 14.4 Å². The molecule has 0 N–H and O–H groups in total. The summed E-state index contributed by atoms with van der Waals surface area (Å²) in [4.78, 5) is 28.7. The Morgan fingerprint density at radius 2 is 1.62 bits per heavy atom.